The summed E-state index contributed by atoms with van der Waals surface area (Å²) in [5, 5.41) is 27.9. The maximum Gasteiger partial charge on any atom is 0.328 e. The molecule has 0 aliphatic heterocycles. The number of hydrogen-bond acceptors (Lipinski definition) is 6. The Hall–Kier alpha value is -3.10. The zero-order valence-corrected chi connectivity index (χ0v) is 21.3. The van der Waals surface area contributed by atoms with Crippen molar-refractivity contribution in [3.8, 4) is 11.5 Å². The number of aliphatic carboxylic acids is 2. The van der Waals surface area contributed by atoms with Crippen molar-refractivity contribution in [1.29, 1.82) is 0 Å². The lowest BCUT2D eigenvalue weighted by molar-refractivity contribution is -0.385. The van der Waals surface area contributed by atoms with Crippen LogP contribution < -0.4 is 9.47 Å². The van der Waals surface area contributed by atoms with E-state index < -0.39 is 16.9 Å². The van der Waals surface area contributed by atoms with E-state index in [4.69, 9.17) is 19.7 Å². The Bertz CT molecular complexity index is 792. The van der Waals surface area contributed by atoms with Gasteiger partial charge in [0.25, 0.3) is 5.69 Å². The zero-order chi connectivity index (χ0) is 26.5. The molecule has 2 N–H and O–H groups in total. The minimum Gasteiger partial charge on any atom is -0.493 e. The summed E-state index contributed by atoms with van der Waals surface area (Å²) >= 11 is 0. The van der Waals surface area contributed by atoms with Gasteiger partial charge >= 0.3 is 11.9 Å². The first-order valence-corrected chi connectivity index (χ1v) is 12.3. The third-order valence-electron chi connectivity index (χ3n) is 5.38. The Labute approximate surface area is 208 Å². The van der Waals surface area contributed by atoms with Gasteiger partial charge in [-0.3, -0.25) is 14.9 Å². The number of unbranched alkanes of at least 4 members (excludes halogenated alkanes) is 11. The van der Waals surface area contributed by atoms with Gasteiger partial charge < -0.3 is 19.7 Å². The molecule has 0 heterocycles. The molecule has 0 radical (unpaired) electrons. The number of methoxy groups -OCH3 is 2. The fourth-order valence-electron chi connectivity index (χ4n) is 3.45. The van der Waals surface area contributed by atoms with Crippen LogP contribution >= 0.6 is 0 Å². The van der Waals surface area contributed by atoms with Crippen LogP contribution in [0.15, 0.2) is 18.2 Å². The van der Waals surface area contributed by atoms with E-state index in [-0.39, 0.29) is 22.7 Å². The molecule has 0 aliphatic carbocycles. The molecule has 0 saturated heterocycles. The molecule has 0 atom stereocenters. The summed E-state index contributed by atoms with van der Waals surface area (Å²) in [7, 11) is 2.74. The van der Waals surface area contributed by atoms with Gasteiger partial charge in [0, 0.05) is 12.5 Å². The fourth-order valence-corrected chi connectivity index (χ4v) is 3.45. The van der Waals surface area contributed by atoms with Crippen LogP contribution in [0.4, 0.5) is 5.69 Å². The molecule has 0 aliphatic rings. The standard InChI is InChI=1S/C15H30O2.C11H11NO6/c1-2-3-4-5-6-7-8-9-10-11-12-13-14-15(16)17;1-17-9-5-7(3-4-11(13)14)8(12(15)16)6-10(9)18-2/h2-14H2,1H3,(H,16,17);3-6H,1-2H3,(H,13,14). The number of nitro benzene ring substituents is 1. The van der Waals surface area contributed by atoms with Crippen LogP contribution in [-0.4, -0.2) is 41.3 Å². The first kappa shape index (κ1) is 31.9. The smallest absolute Gasteiger partial charge is 0.328 e. The second-order valence-corrected chi connectivity index (χ2v) is 8.23. The summed E-state index contributed by atoms with van der Waals surface area (Å²) < 4.78 is 9.93. The van der Waals surface area contributed by atoms with Crippen molar-refractivity contribution in [2.45, 2.75) is 90.4 Å². The van der Waals surface area contributed by atoms with Crippen molar-refractivity contribution in [3.63, 3.8) is 0 Å². The van der Waals surface area contributed by atoms with Crippen molar-refractivity contribution in [2.24, 2.45) is 0 Å². The average molecular weight is 496 g/mol. The molecule has 1 aromatic carbocycles. The fraction of sp³-hybridized carbons (Fsp3) is 0.615. The molecular formula is C26H41NO8. The molecule has 9 heteroatoms. The van der Waals surface area contributed by atoms with Gasteiger partial charge in [-0.15, -0.1) is 0 Å². The Balaban J connectivity index is 0.000000662. The van der Waals surface area contributed by atoms with E-state index >= 15 is 0 Å². The summed E-state index contributed by atoms with van der Waals surface area (Å²) in [6.45, 7) is 2.25. The normalized spacial score (nSPS) is 10.5. The zero-order valence-electron chi connectivity index (χ0n) is 21.3. The second kappa shape index (κ2) is 20.3. The van der Waals surface area contributed by atoms with Gasteiger partial charge in [-0.2, -0.15) is 0 Å². The number of nitrogens with zero attached hydrogens (tertiary/aromatic N) is 1. The van der Waals surface area contributed by atoms with Gasteiger partial charge in [-0.1, -0.05) is 77.6 Å². The molecule has 1 rings (SSSR count). The monoisotopic (exact) mass is 495 g/mol. The van der Waals surface area contributed by atoms with E-state index in [0.29, 0.717) is 6.42 Å². The van der Waals surface area contributed by atoms with Crippen molar-refractivity contribution in [2.75, 3.05) is 14.2 Å². The van der Waals surface area contributed by atoms with Crippen LogP contribution in [-0.2, 0) is 9.59 Å². The highest BCUT2D eigenvalue weighted by molar-refractivity contribution is 5.86. The first-order valence-electron chi connectivity index (χ1n) is 12.3. The average Bonchev–Trinajstić information content (AvgIpc) is 2.82. The number of hydrogen-bond donors (Lipinski definition) is 2. The number of ether oxygens (including phenoxy) is 2. The number of nitro groups is 1. The number of carbonyl (C=O) groups is 2. The quantitative estimate of drug-likeness (QED) is 0.0974. The lowest BCUT2D eigenvalue weighted by Crippen LogP contribution is -1.97. The molecule has 35 heavy (non-hydrogen) atoms. The van der Waals surface area contributed by atoms with Crippen LogP contribution in [0.3, 0.4) is 0 Å². The predicted molar refractivity (Wildman–Crippen MR) is 136 cm³/mol. The third kappa shape index (κ3) is 16.2. The van der Waals surface area contributed by atoms with Gasteiger partial charge in [0.15, 0.2) is 11.5 Å². The van der Waals surface area contributed by atoms with E-state index in [2.05, 4.69) is 6.92 Å². The highest BCUT2D eigenvalue weighted by atomic mass is 16.6. The molecule has 0 saturated carbocycles. The van der Waals surface area contributed by atoms with E-state index in [1.807, 2.05) is 0 Å². The van der Waals surface area contributed by atoms with E-state index in [0.717, 1.165) is 25.0 Å². The SMILES string of the molecule is CCCCCCCCCCCCCCC(=O)O.COc1cc(C=CC(=O)O)c([N+](=O)[O-])cc1OC. The molecule has 0 bridgehead atoms. The summed E-state index contributed by atoms with van der Waals surface area (Å²) in [6, 6.07) is 2.52. The maximum atomic E-state index is 10.9. The molecule has 0 aromatic heterocycles. The third-order valence-corrected chi connectivity index (χ3v) is 5.38. The minimum absolute atomic E-state index is 0.125. The molecule has 0 spiro atoms. The predicted octanol–water partition coefficient (Wildman–Crippen LogP) is 6.87. The lowest BCUT2D eigenvalue weighted by Gasteiger charge is -2.08. The largest absolute Gasteiger partial charge is 0.493 e. The van der Waals surface area contributed by atoms with Crippen LogP contribution in [0.25, 0.3) is 6.08 Å². The van der Waals surface area contributed by atoms with Gasteiger partial charge in [0.05, 0.1) is 30.8 Å². The van der Waals surface area contributed by atoms with Gasteiger partial charge in [0.1, 0.15) is 0 Å². The minimum atomic E-state index is -1.20. The Morgan fingerprint density at radius 3 is 1.71 bits per heavy atom. The van der Waals surface area contributed by atoms with Crippen LogP contribution in [0.1, 0.15) is 96.0 Å². The molecule has 0 unspecified atom stereocenters. The number of rotatable bonds is 18. The van der Waals surface area contributed by atoms with Crippen molar-refractivity contribution >= 4 is 23.7 Å². The van der Waals surface area contributed by atoms with E-state index in [9.17, 15) is 19.7 Å². The number of carboxylic acids is 2. The lowest BCUT2D eigenvalue weighted by atomic mass is 10.0. The Morgan fingerprint density at radius 2 is 1.31 bits per heavy atom. The molecule has 0 amide bonds. The first-order chi connectivity index (χ1) is 16.8. The molecule has 198 valence electrons. The topological polar surface area (TPSA) is 136 Å². The van der Waals surface area contributed by atoms with Crippen LogP contribution in [0.2, 0.25) is 0 Å². The van der Waals surface area contributed by atoms with Gasteiger partial charge in [0.2, 0.25) is 0 Å². The summed E-state index contributed by atoms with van der Waals surface area (Å²) in [6.07, 6.45) is 17.8. The Kier molecular flexibility index (Phi) is 18.5. The van der Waals surface area contributed by atoms with Gasteiger partial charge in [-0.05, 0) is 18.6 Å². The van der Waals surface area contributed by atoms with Crippen molar-refractivity contribution in [1.82, 2.24) is 0 Å². The summed E-state index contributed by atoms with van der Waals surface area (Å²) in [5.41, 5.74) is -0.134. The highest BCUT2D eigenvalue weighted by Gasteiger charge is 2.17. The van der Waals surface area contributed by atoms with Crippen LogP contribution in [0, 0.1) is 10.1 Å². The highest BCUT2D eigenvalue weighted by Crippen LogP contribution is 2.35. The van der Waals surface area contributed by atoms with Gasteiger partial charge in [-0.25, -0.2) is 4.79 Å². The molecule has 9 nitrogen and oxygen atoms in total. The summed E-state index contributed by atoms with van der Waals surface area (Å²) in [5.74, 6) is -1.36. The van der Waals surface area contributed by atoms with E-state index in [1.54, 1.807) is 0 Å². The van der Waals surface area contributed by atoms with E-state index in [1.165, 1.54) is 90.6 Å². The number of carboxylic acid groups (broad SMARTS) is 2. The van der Waals surface area contributed by atoms with Crippen molar-refractivity contribution < 1.29 is 34.2 Å². The number of benzene rings is 1. The molecule has 1 aromatic rings. The second-order valence-electron chi connectivity index (χ2n) is 8.23. The maximum absolute atomic E-state index is 10.9. The molecular weight excluding hydrogens is 454 g/mol. The van der Waals surface area contributed by atoms with Crippen LogP contribution in [0.5, 0.6) is 11.5 Å². The summed E-state index contributed by atoms with van der Waals surface area (Å²) in [4.78, 5) is 30.9. The Morgan fingerprint density at radius 1 is 0.857 bits per heavy atom. The van der Waals surface area contributed by atoms with Crippen molar-refractivity contribution in [3.05, 3.63) is 33.9 Å². The molecule has 0 fully saturated rings.